The van der Waals surface area contributed by atoms with Crippen molar-refractivity contribution in [2.24, 2.45) is 0 Å². The molecule has 2 amide bonds. The molecule has 0 aromatic heterocycles. The number of nitrogens with zero attached hydrogens (tertiary/aromatic N) is 1. The molecule has 0 radical (unpaired) electrons. The largest absolute Gasteiger partial charge is 0.354 e. The van der Waals surface area contributed by atoms with E-state index in [1.54, 1.807) is 16.7 Å². The van der Waals surface area contributed by atoms with Gasteiger partial charge in [-0.2, -0.15) is 0 Å². The van der Waals surface area contributed by atoms with Gasteiger partial charge in [-0.3, -0.25) is 9.59 Å². The Balaban J connectivity index is 1.95. The quantitative estimate of drug-likeness (QED) is 0.529. The standard InChI is InChI=1S/C24H32N2O2S/c1-3-4-16-25-24(28)20(2)26(17-15-21-11-7-5-8-12-21)23(27)19-29-18-22-13-9-6-10-14-22/h5-14,20H,3-4,15-19H2,1-2H3,(H,25,28). The van der Waals surface area contributed by atoms with E-state index in [1.165, 1.54) is 11.1 Å². The van der Waals surface area contributed by atoms with Gasteiger partial charge in [0.15, 0.2) is 0 Å². The van der Waals surface area contributed by atoms with Crippen molar-refractivity contribution in [1.29, 1.82) is 0 Å². The molecule has 0 aliphatic carbocycles. The Bertz CT molecular complexity index is 737. The van der Waals surface area contributed by atoms with Gasteiger partial charge in [0.1, 0.15) is 6.04 Å². The third-order valence-electron chi connectivity index (χ3n) is 4.82. The molecule has 0 saturated heterocycles. The van der Waals surface area contributed by atoms with Crippen LogP contribution in [0, 0.1) is 0 Å². The fraction of sp³-hybridized carbons (Fsp3) is 0.417. The van der Waals surface area contributed by atoms with Crippen molar-refractivity contribution in [3.8, 4) is 0 Å². The molecule has 1 N–H and O–H groups in total. The lowest BCUT2D eigenvalue weighted by Gasteiger charge is -2.28. The molecule has 2 rings (SSSR count). The number of nitrogens with one attached hydrogen (secondary N) is 1. The van der Waals surface area contributed by atoms with Crippen LogP contribution >= 0.6 is 11.8 Å². The van der Waals surface area contributed by atoms with Crippen LogP contribution in [0.25, 0.3) is 0 Å². The summed E-state index contributed by atoms with van der Waals surface area (Å²) in [6.45, 7) is 5.11. The number of unbranched alkanes of at least 4 members (excludes halogenated alkanes) is 1. The number of hydrogen-bond donors (Lipinski definition) is 1. The first kappa shape index (κ1) is 23.0. The summed E-state index contributed by atoms with van der Waals surface area (Å²) < 4.78 is 0. The van der Waals surface area contributed by atoms with Crippen LogP contribution in [0.1, 0.15) is 37.8 Å². The van der Waals surface area contributed by atoms with Gasteiger partial charge < -0.3 is 10.2 Å². The van der Waals surface area contributed by atoms with Gasteiger partial charge in [0.25, 0.3) is 0 Å². The molecular formula is C24H32N2O2S. The maximum Gasteiger partial charge on any atom is 0.242 e. The molecule has 2 aromatic rings. The molecule has 5 heteroatoms. The van der Waals surface area contributed by atoms with Crippen LogP contribution in [0.4, 0.5) is 0 Å². The zero-order chi connectivity index (χ0) is 20.9. The lowest BCUT2D eigenvalue weighted by Crippen LogP contribution is -2.49. The Morgan fingerprint density at radius 1 is 1.00 bits per heavy atom. The van der Waals surface area contributed by atoms with Crippen molar-refractivity contribution in [3.05, 3.63) is 71.8 Å². The van der Waals surface area contributed by atoms with Crippen molar-refractivity contribution < 1.29 is 9.59 Å². The van der Waals surface area contributed by atoms with Crippen LogP contribution in [-0.4, -0.2) is 41.6 Å². The van der Waals surface area contributed by atoms with E-state index in [-0.39, 0.29) is 11.8 Å². The van der Waals surface area contributed by atoms with Crippen LogP contribution in [-0.2, 0) is 21.8 Å². The normalized spacial score (nSPS) is 11.7. The van der Waals surface area contributed by atoms with Gasteiger partial charge in [0.2, 0.25) is 11.8 Å². The molecule has 0 aliphatic rings. The molecule has 2 aromatic carbocycles. The summed E-state index contributed by atoms with van der Waals surface area (Å²) in [5.74, 6) is 1.10. The lowest BCUT2D eigenvalue weighted by molar-refractivity contribution is -0.137. The molecule has 29 heavy (non-hydrogen) atoms. The van der Waals surface area contributed by atoms with Crippen molar-refractivity contribution in [2.75, 3.05) is 18.8 Å². The summed E-state index contributed by atoms with van der Waals surface area (Å²) in [5, 5.41) is 2.96. The maximum atomic E-state index is 13.0. The fourth-order valence-corrected chi connectivity index (χ4v) is 3.89. The van der Waals surface area contributed by atoms with E-state index >= 15 is 0 Å². The minimum absolute atomic E-state index is 0.0139. The van der Waals surface area contributed by atoms with Crippen molar-refractivity contribution >= 4 is 23.6 Å². The fourth-order valence-electron chi connectivity index (χ4n) is 3.02. The minimum atomic E-state index is -0.472. The second-order valence-electron chi connectivity index (χ2n) is 7.12. The molecular weight excluding hydrogens is 380 g/mol. The van der Waals surface area contributed by atoms with Crippen LogP contribution in [0.5, 0.6) is 0 Å². The monoisotopic (exact) mass is 412 g/mol. The highest BCUT2D eigenvalue weighted by Gasteiger charge is 2.25. The van der Waals surface area contributed by atoms with Crippen molar-refractivity contribution in [2.45, 2.75) is 44.9 Å². The number of benzene rings is 2. The molecule has 156 valence electrons. The molecule has 0 spiro atoms. The summed E-state index contributed by atoms with van der Waals surface area (Å²) >= 11 is 1.59. The van der Waals surface area contributed by atoms with E-state index in [4.69, 9.17) is 0 Å². The zero-order valence-electron chi connectivity index (χ0n) is 17.5. The van der Waals surface area contributed by atoms with Crippen LogP contribution in [0.3, 0.4) is 0 Å². The molecule has 4 nitrogen and oxygen atoms in total. The van der Waals surface area contributed by atoms with Crippen LogP contribution < -0.4 is 5.32 Å². The molecule has 0 bridgehead atoms. The van der Waals surface area contributed by atoms with Gasteiger partial charge >= 0.3 is 0 Å². The van der Waals surface area contributed by atoms with Gasteiger partial charge in [-0.1, -0.05) is 74.0 Å². The molecule has 0 fully saturated rings. The molecule has 0 saturated carbocycles. The number of carbonyl (C=O) groups is 2. The smallest absolute Gasteiger partial charge is 0.242 e. The highest BCUT2D eigenvalue weighted by atomic mass is 32.2. The van der Waals surface area contributed by atoms with Crippen LogP contribution in [0.2, 0.25) is 0 Å². The van der Waals surface area contributed by atoms with Gasteiger partial charge in [0, 0.05) is 18.8 Å². The van der Waals surface area contributed by atoms with E-state index in [9.17, 15) is 9.59 Å². The first-order valence-electron chi connectivity index (χ1n) is 10.3. The average Bonchev–Trinajstić information content (AvgIpc) is 2.75. The maximum absolute atomic E-state index is 13.0. The number of rotatable bonds is 12. The van der Waals surface area contributed by atoms with E-state index in [1.807, 2.05) is 43.3 Å². The summed E-state index contributed by atoms with van der Waals surface area (Å²) in [6.07, 6.45) is 2.72. The average molecular weight is 413 g/mol. The van der Waals surface area contributed by atoms with Gasteiger partial charge in [-0.25, -0.2) is 0 Å². The summed E-state index contributed by atoms with van der Waals surface area (Å²) in [6, 6.07) is 19.7. The van der Waals surface area contributed by atoms with E-state index in [2.05, 4.69) is 36.5 Å². The summed E-state index contributed by atoms with van der Waals surface area (Å²) in [5.41, 5.74) is 2.37. The molecule has 0 aliphatic heterocycles. The number of hydrogen-bond acceptors (Lipinski definition) is 3. The predicted octanol–water partition coefficient (Wildman–Crippen LogP) is 4.30. The topological polar surface area (TPSA) is 49.4 Å². The molecule has 1 unspecified atom stereocenters. The second-order valence-corrected chi connectivity index (χ2v) is 8.11. The van der Waals surface area contributed by atoms with Gasteiger partial charge in [0.05, 0.1) is 5.75 Å². The highest BCUT2D eigenvalue weighted by molar-refractivity contribution is 7.99. The first-order valence-corrected chi connectivity index (χ1v) is 11.5. The Morgan fingerprint density at radius 3 is 2.24 bits per heavy atom. The molecule has 1 atom stereocenters. The van der Waals surface area contributed by atoms with Crippen molar-refractivity contribution in [3.63, 3.8) is 0 Å². The third kappa shape index (κ3) is 8.32. The number of carbonyl (C=O) groups excluding carboxylic acids is 2. The van der Waals surface area contributed by atoms with Crippen LogP contribution in [0.15, 0.2) is 60.7 Å². The Kier molecular flexibility index (Phi) is 10.4. The third-order valence-corrected chi connectivity index (χ3v) is 5.81. The summed E-state index contributed by atoms with van der Waals surface area (Å²) in [4.78, 5) is 27.2. The predicted molar refractivity (Wildman–Crippen MR) is 122 cm³/mol. The first-order chi connectivity index (χ1) is 14.1. The Morgan fingerprint density at radius 2 is 1.62 bits per heavy atom. The second kappa shape index (κ2) is 13.0. The zero-order valence-corrected chi connectivity index (χ0v) is 18.3. The highest BCUT2D eigenvalue weighted by Crippen LogP contribution is 2.14. The summed E-state index contributed by atoms with van der Waals surface area (Å²) in [7, 11) is 0. The van der Waals surface area contributed by atoms with Gasteiger partial charge in [-0.05, 0) is 30.9 Å². The Hall–Kier alpha value is -2.27. The Labute approximate surface area is 179 Å². The number of amides is 2. The minimum Gasteiger partial charge on any atom is -0.354 e. The molecule has 0 heterocycles. The SMILES string of the molecule is CCCCNC(=O)C(C)N(CCc1ccccc1)C(=O)CSCc1ccccc1. The van der Waals surface area contributed by atoms with Crippen molar-refractivity contribution in [1.82, 2.24) is 10.2 Å². The number of thioether (sulfide) groups is 1. The van der Waals surface area contributed by atoms with Gasteiger partial charge in [-0.15, -0.1) is 11.8 Å². The lowest BCUT2D eigenvalue weighted by atomic mass is 10.1. The van der Waals surface area contributed by atoms with E-state index in [0.717, 1.165) is 25.0 Å². The van der Waals surface area contributed by atoms with E-state index < -0.39 is 6.04 Å². The van der Waals surface area contributed by atoms with E-state index in [0.29, 0.717) is 18.8 Å².